The highest BCUT2D eigenvalue weighted by Crippen LogP contribution is 2.51. The van der Waals surface area contributed by atoms with Crippen molar-refractivity contribution < 1.29 is 4.79 Å². The van der Waals surface area contributed by atoms with Crippen LogP contribution < -0.4 is 5.06 Å². The molecule has 1 amide bonds. The minimum absolute atomic E-state index is 0.0239. The van der Waals surface area contributed by atoms with Crippen LogP contribution in [0, 0.1) is 10.6 Å². The summed E-state index contributed by atoms with van der Waals surface area (Å²) in [5.74, 6) is 0.0239. The van der Waals surface area contributed by atoms with Crippen LogP contribution in [0.15, 0.2) is 48.5 Å². The Morgan fingerprint density at radius 3 is 2.25 bits per heavy atom. The lowest BCUT2D eigenvalue weighted by Gasteiger charge is -2.55. The smallest absolute Gasteiger partial charge is 0.254 e. The van der Waals surface area contributed by atoms with E-state index in [9.17, 15) is 10.0 Å². The van der Waals surface area contributed by atoms with Crippen molar-refractivity contribution in [2.45, 2.75) is 52.5 Å². The molecule has 0 aromatic heterocycles. The van der Waals surface area contributed by atoms with E-state index in [4.69, 9.17) is 0 Å². The third-order valence-corrected chi connectivity index (χ3v) is 7.00. The van der Waals surface area contributed by atoms with Crippen molar-refractivity contribution in [2.24, 2.45) is 5.41 Å². The number of carbonyl (C=O) groups excluding carboxylic acids is 1. The molecular formula is C24H31N2O2-. The van der Waals surface area contributed by atoms with Crippen LogP contribution in [0.25, 0.3) is 0 Å². The van der Waals surface area contributed by atoms with E-state index in [1.54, 1.807) is 24.3 Å². The number of anilines is 1. The molecule has 150 valence electrons. The highest BCUT2D eigenvalue weighted by Gasteiger charge is 2.51. The summed E-state index contributed by atoms with van der Waals surface area (Å²) < 4.78 is 0. The van der Waals surface area contributed by atoms with E-state index in [0.717, 1.165) is 11.5 Å². The summed E-state index contributed by atoms with van der Waals surface area (Å²) in [6, 6.07) is 15.6. The van der Waals surface area contributed by atoms with Gasteiger partial charge in [0.1, 0.15) is 0 Å². The second-order valence-corrected chi connectivity index (χ2v) is 8.86. The Bertz CT molecular complexity index is 853. The third-order valence-electron chi connectivity index (χ3n) is 7.00. The number of rotatable bonds is 4. The van der Waals surface area contributed by atoms with E-state index in [1.165, 1.54) is 18.2 Å². The summed E-state index contributed by atoms with van der Waals surface area (Å²) in [5, 5.41) is 12.3. The van der Waals surface area contributed by atoms with Gasteiger partial charge < -0.3 is 15.2 Å². The van der Waals surface area contributed by atoms with Gasteiger partial charge in [-0.25, -0.2) is 0 Å². The number of nitrogens with zero attached hydrogens (tertiary/aromatic N) is 2. The molecule has 0 N–H and O–H groups in total. The minimum Gasteiger partial charge on any atom is -0.758 e. The van der Waals surface area contributed by atoms with Crippen molar-refractivity contribution in [2.75, 3.05) is 18.7 Å². The highest BCUT2D eigenvalue weighted by molar-refractivity contribution is 5.95. The lowest BCUT2D eigenvalue weighted by Crippen LogP contribution is -2.58. The lowest BCUT2D eigenvalue weighted by atomic mass is 9.55. The molecule has 0 heterocycles. The summed E-state index contributed by atoms with van der Waals surface area (Å²) in [4.78, 5) is 15.4. The van der Waals surface area contributed by atoms with E-state index in [0.29, 0.717) is 17.8 Å². The first-order chi connectivity index (χ1) is 13.1. The molecule has 1 atom stereocenters. The van der Waals surface area contributed by atoms with Crippen LogP contribution in [-0.4, -0.2) is 30.4 Å². The van der Waals surface area contributed by atoms with Gasteiger partial charge in [0.05, 0.1) is 0 Å². The largest absolute Gasteiger partial charge is 0.758 e. The molecular weight excluding hydrogens is 348 g/mol. The second kappa shape index (κ2) is 7.25. The normalized spacial score (nSPS) is 19.6. The molecule has 0 saturated carbocycles. The first-order valence-corrected chi connectivity index (χ1v) is 10.0. The molecule has 0 spiro atoms. The van der Waals surface area contributed by atoms with Gasteiger partial charge in [-0.05, 0) is 66.6 Å². The zero-order valence-electron chi connectivity index (χ0n) is 17.8. The zero-order chi connectivity index (χ0) is 20.7. The molecule has 0 bridgehead atoms. The molecule has 2 aromatic carbocycles. The quantitative estimate of drug-likeness (QED) is 0.702. The molecule has 0 saturated heterocycles. The Morgan fingerprint density at radius 1 is 1.07 bits per heavy atom. The summed E-state index contributed by atoms with van der Waals surface area (Å²) in [6.07, 6.45) is 0.855. The van der Waals surface area contributed by atoms with Crippen molar-refractivity contribution in [3.63, 3.8) is 0 Å². The molecule has 1 aliphatic rings. The Labute approximate surface area is 168 Å². The molecule has 0 aliphatic heterocycles. The summed E-state index contributed by atoms with van der Waals surface area (Å²) in [7, 11) is 1.46. The standard InChI is InChI=1S/C24H31N2O2/c1-7-26(22(27)17-12-14-19(15-13-17)25(6)28)21-16-18-10-8-9-11-20(18)23(2,3)24(21,4)5/h8-15,21H,7,16H2,1-6H3/q-1/t21-/m1/s1. The van der Waals surface area contributed by atoms with Crippen LogP contribution in [-0.2, 0) is 11.8 Å². The fourth-order valence-electron chi connectivity index (χ4n) is 4.52. The molecule has 2 aromatic rings. The summed E-state index contributed by atoms with van der Waals surface area (Å²) in [6.45, 7) is 11.8. The van der Waals surface area contributed by atoms with Crippen LogP contribution in [0.3, 0.4) is 0 Å². The maximum atomic E-state index is 13.4. The van der Waals surface area contributed by atoms with Gasteiger partial charge in [-0.3, -0.25) is 4.79 Å². The average Bonchev–Trinajstić information content (AvgIpc) is 2.66. The minimum atomic E-state index is -0.0950. The number of carbonyl (C=O) groups is 1. The fourth-order valence-corrected chi connectivity index (χ4v) is 4.52. The second-order valence-electron chi connectivity index (χ2n) is 8.86. The van der Waals surface area contributed by atoms with Crippen LogP contribution in [0.5, 0.6) is 0 Å². The van der Waals surface area contributed by atoms with Crippen LogP contribution in [0.4, 0.5) is 5.69 Å². The topological polar surface area (TPSA) is 46.6 Å². The van der Waals surface area contributed by atoms with Gasteiger partial charge in [0.2, 0.25) is 0 Å². The van der Waals surface area contributed by atoms with Gasteiger partial charge in [-0.2, -0.15) is 0 Å². The monoisotopic (exact) mass is 379 g/mol. The number of amides is 1. The Balaban J connectivity index is 1.98. The van der Waals surface area contributed by atoms with Crippen LogP contribution >= 0.6 is 0 Å². The Morgan fingerprint density at radius 2 is 1.68 bits per heavy atom. The molecule has 1 aliphatic carbocycles. The van der Waals surface area contributed by atoms with Crippen molar-refractivity contribution >= 4 is 11.6 Å². The van der Waals surface area contributed by atoms with Crippen molar-refractivity contribution in [3.8, 4) is 0 Å². The molecule has 0 radical (unpaired) electrons. The van der Waals surface area contributed by atoms with Gasteiger partial charge in [0.15, 0.2) is 0 Å². The molecule has 4 heteroatoms. The van der Waals surface area contributed by atoms with Gasteiger partial charge in [-0.15, -0.1) is 0 Å². The number of hydrogen-bond donors (Lipinski definition) is 0. The number of benzene rings is 2. The molecule has 3 rings (SSSR count). The van der Waals surface area contributed by atoms with Crippen molar-refractivity contribution in [3.05, 3.63) is 70.4 Å². The Kier molecular flexibility index (Phi) is 5.28. The van der Waals surface area contributed by atoms with Gasteiger partial charge in [0.25, 0.3) is 5.91 Å². The first kappa shape index (κ1) is 20.4. The number of fused-ring (bicyclic) bond motifs is 1. The SMILES string of the molecule is CCN(C(=O)c1ccc(N(C)[O-])cc1)[C@@H]1Cc2ccccc2C(C)(C)C1(C)C. The van der Waals surface area contributed by atoms with Crippen LogP contribution in [0.2, 0.25) is 0 Å². The molecule has 0 unspecified atom stereocenters. The van der Waals surface area contributed by atoms with E-state index < -0.39 is 0 Å². The average molecular weight is 380 g/mol. The number of hydroxylamine groups is 1. The third kappa shape index (κ3) is 3.20. The van der Waals surface area contributed by atoms with Gasteiger partial charge in [0, 0.05) is 23.8 Å². The lowest BCUT2D eigenvalue weighted by molar-refractivity contribution is 0.0215. The first-order valence-electron chi connectivity index (χ1n) is 10.0. The van der Waals surface area contributed by atoms with E-state index in [2.05, 4.69) is 52.0 Å². The summed E-state index contributed by atoms with van der Waals surface area (Å²) >= 11 is 0. The fraction of sp³-hybridized carbons (Fsp3) is 0.458. The van der Waals surface area contributed by atoms with Crippen molar-refractivity contribution in [1.82, 2.24) is 4.90 Å². The van der Waals surface area contributed by atoms with E-state index in [1.807, 2.05) is 11.8 Å². The maximum Gasteiger partial charge on any atom is 0.254 e. The Hall–Kier alpha value is -2.33. The molecule has 0 fully saturated rings. The maximum absolute atomic E-state index is 13.4. The van der Waals surface area contributed by atoms with Gasteiger partial charge >= 0.3 is 0 Å². The predicted octanol–water partition coefficient (Wildman–Crippen LogP) is 5.01. The highest BCUT2D eigenvalue weighted by atomic mass is 16.5. The van der Waals surface area contributed by atoms with E-state index in [-0.39, 0.29) is 22.8 Å². The van der Waals surface area contributed by atoms with Crippen molar-refractivity contribution in [1.29, 1.82) is 0 Å². The predicted molar refractivity (Wildman–Crippen MR) is 116 cm³/mol. The zero-order valence-corrected chi connectivity index (χ0v) is 17.8. The number of likely N-dealkylation sites (N-methyl/N-ethyl adjacent to an activating group) is 1. The molecule has 4 nitrogen and oxygen atoms in total. The van der Waals surface area contributed by atoms with Crippen LogP contribution in [0.1, 0.15) is 56.1 Å². The van der Waals surface area contributed by atoms with Gasteiger partial charge in [-0.1, -0.05) is 52.0 Å². The van der Waals surface area contributed by atoms with E-state index >= 15 is 0 Å². The molecule has 28 heavy (non-hydrogen) atoms. The number of hydrogen-bond acceptors (Lipinski definition) is 3. The summed E-state index contributed by atoms with van der Waals surface area (Å²) in [5.41, 5.74) is 3.72.